The van der Waals surface area contributed by atoms with Gasteiger partial charge in [-0.25, -0.2) is 0 Å². The maximum absolute atomic E-state index is 8.61. The monoisotopic (exact) mass is 144 g/mol. The van der Waals surface area contributed by atoms with Gasteiger partial charge < -0.3 is 16.4 Å². The van der Waals surface area contributed by atoms with Crippen LogP contribution in [0.3, 0.4) is 0 Å². The van der Waals surface area contributed by atoms with Gasteiger partial charge in [0.05, 0.1) is 13.2 Å². The van der Waals surface area contributed by atoms with E-state index in [0.717, 1.165) is 0 Å². The fraction of sp³-hybridized carbons (Fsp3) is 1.00. The summed E-state index contributed by atoms with van der Waals surface area (Å²) in [5.41, 5.74) is 0. The van der Waals surface area contributed by atoms with Gasteiger partial charge in [-0.2, -0.15) is 0 Å². The van der Waals surface area contributed by atoms with E-state index in [-0.39, 0.29) is 44.2 Å². The fourth-order valence-electron chi connectivity index (χ4n) is 0.307. The van der Waals surface area contributed by atoms with Gasteiger partial charge in [0.1, 0.15) is 6.10 Å². The van der Waals surface area contributed by atoms with E-state index in [4.69, 9.17) is 14.9 Å². The molecule has 9 heavy (non-hydrogen) atoms. The van der Waals surface area contributed by atoms with Gasteiger partial charge in [-0.3, -0.25) is 0 Å². The molecular weight excluding hydrogens is 131 g/mol. The first-order valence-electron chi connectivity index (χ1n) is 2.68. The minimum atomic E-state index is -0.713. The number of rotatable bonds is 4. The molecule has 0 spiro atoms. The summed E-state index contributed by atoms with van der Waals surface area (Å²) in [4.78, 5) is 0. The minimum absolute atomic E-state index is 0. The molecule has 3 nitrogen and oxygen atoms in total. The van der Waals surface area contributed by atoms with Gasteiger partial charge in [-0.1, -0.05) is 0 Å². The Hall–Kier alpha value is 0.880. The second-order valence-electron chi connectivity index (χ2n) is 1.50. The molecule has 0 amide bonds. The maximum atomic E-state index is 8.61. The molecule has 0 aliphatic heterocycles. The molecule has 0 saturated carbocycles. The molecule has 0 aliphatic rings. The van der Waals surface area contributed by atoms with Crippen LogP contribution < -0.4 is 29.6 Å². The number of aliphatic hydroxyl groups excluding tert-OH is 2. The molecule has 2 N–H and O–H groups in total. The van der Waals surface area contributed by atoms with Crippen LogP contribution in [-0.4, -0.2) is 36.1 Å². The third-order valence-corrected chi connectivity index (χ3v) is 0.725. The van der Waals surface area contributed by atoms with Crippen molar-refractivity contribution in [2.75, 3.05) is 19.8 Å². The SMILES string of the molecule is CCOCC(O)CO.[H-].[Na+]. The van der Waals surface area contributed by atoms with Gasteiger partial charge in [-0.05, 0) is 6.92 Å². The quantitative estimate of drug-likeness (QED) is 0.402. The topological polar surface area (TPSA) is 49.7 Å². The Labute approximate surface area is 78.8 Å². The van der Waals surface area contributed by atoms with Crippen LogP contribution >= 0.6 is 0 Å². The third kappa shape index (κ3) is 8.88. The Balaban J connectivity index is -0.000000245. The zero-order chi connectivity index (χ0) is 6.41. The number of aliphatic hydroxyl groups is 2. The van der Waals surface area contributed by atoms with Crippen LogP contribution in [0.4, 0.5) is 0 Å². The average Bonchev–Trinajstić information content (AvgIpc) is 1.83. The minimum Gasteiger partial charge on any atom is -1.00 e. The summed E-state index contributed by atoms with van der Waals surface area (Å²) in [5.74, 6) is 0. The van der Waals surface area contributed by atoms with Crippen molar-refractivity contribution in [1.29, 1.82) is 0 Å². The van der Waals surface area contributed by atoms with Crippen molar-refractivity contribution in [3.05, 3.63) is 0 Å². The van der Waals surface area contributed by atoms with Crippen LogP contribution in [0.2, 0.25) is 0 Å². The van der Waals surface area contributed by atoms with Gasteiger partial charge in [0.25, 0.3) is 0 Å². The zero-order valence-electron chi connectivity index (χ0n) is 7.00. The summed E-state index contributed by atoms with van der Waals surface area (Å²) >= 11 is 0. The van der Waals surface area contributed by atoms with Crippen molar-refractivity contribution >= 4 is 0 Å². The van der Waals surface area contributed by atoms with Crippen LogP contribution in [0.5, 0.6) is 0 Å². The largest absolute Gasteiger partial charge is 1.00 e. The Morgan fingerprint density at radius 1 is 1.67 bits per heavy atom. The summed E-state index contributed by atoms with van der Waals surface area (Å²) < 4.78 is 4.78. The Morgan fingerprint density at radius 2 is 2.22 bits per heavy atom. The maximum Gasteiger partial charge on any atom is 1.00 e. The van der Waals surface area contributed by atoms with E-state index in [1.807, 2.05) is 6.92 Å². The number of hydrogen-bond donors (Lipinski definition) is 2. The number of hydrogen-bond acceptors (Lipinski definition) is 3. The molecule has 52 valence electrons. The Kier molecular flexibility index (Phi) is 12.4. The Morgan fingerprint density at radius 3 is 2.56 bits per heavy atom. The van der Waals surface area contributed by atoms with E-state index in [1.165, 1.54) is 0 Å². The van der Waals surface area contributed by atoms with E-state index in [0.29, 0.717) is 6.61 Å². The summed E-state index contributed by atoms with van der Waals surface area (Å²) in [6.07, 6.45) is -0.713. The smallest absolute Gasteiger partial charge is 1.00 e. The zero-order valence-corrected chi connectivity index (χ0v) is 8.00. The molecular formula is C5H13NaO3. The summed E-state index contributed by atoms with van der Waals surface area (Å²) in [6, 6.07) is 0. The molecule has 0 heterocycles. The Bertz CT molecular complexity index is 56.2. The molecule has 0 rings (SSSR count). The summed E-state index contributed by atoms with van der Waals surface area (Å²) in [7, 11) is 0. The molecule has 1 atom stereocenters. The van der Waals surface area contributed by atoms with E-state index < -0.39 is 6.10 Å². The van der Waals surface area contributed by atoms with Gasteiger partial charge in [0.15, 0.2) is 0 Å². The molecule has 0 aliphatic carbocycles. The van der Waals surface area contributed by atoms with Crippen LogP contribution in [0.15, 0.2) is 0 Å². The van der Waals surface area contributed by atoms with Crippen LogP contribution in [0, 0.1) is 0 Å². The van der Waals surface area contributed by atoms with Crippen molar-refractivity contribution in [3.63, 3.8) is 0 Å². The first-order chi connectivity index (χ1) is 3.81. The van der Waals surface area contributed by atoms with Gasteiger partial charge in [0.2, 0.25) is 0 Å². The summed E-state index contributed by atoms with van der Waals surface area (Å²) in [5, 5.41) is 16.8. The second kappa shape index (κ2) is 8.88. The molecule has 4 heteroatoms. The van der Waals surface area contributed by atoms with E-state index in [1.54, 1.807) is 0 Å². The molecule has 0 bridgehead atoms. The third-order valence-electron chi connectivity index (χ3n) is 0.725. The van der Waals surface area contributed by atoms with Gasteiger partial charge >= 0.3 is 29.6 Å². The molecule has 0 aromatic heterocycles. The molecule has 1 unspecified atom stereocenters. The predicted molar refractivity (Wildman–Crippen MR) is 30.7 cm³/mol. The van der Waals surface area contributed by atoms with Gasteiger partial charge in [-0.15, -0.1) is 0 Å². The van der Waals surface area contributed by atoms with Crippen molar-refractivity contribution in [1.82, 2.24) is 0 Å². The normalized spacial score (nSPS) is 12.3. The van der Waals surface area contributed by atoms with Crippen molar-refractivity contribution in [2.24, 2.45) is 0 Å². The molecule has 0 aromatic rings. The van der Waals surface area contributed by atoms with Gasteiger partial charge in [0, 0.05) is 6.61 Å². The average molecular weight is 144 g/mol. The first-order valence-corrected chi connectivity index (χ1v) is 2.68. The second-order valence-corrected chi connectivity index (χ2v) is 1.50. The van der Waals surface area contributed by atoms with Crippen LogP contribution in [-0.2, 0) is 4.74 Å². The molecule has 0 saturated heterocycles. The standard InChI is InChI=1S/C5H12O3.Na.H/c1-2-8-4-5(7)3-6;;/h5-7H,2-4H2,1H3;;/q;+1;-1. The summed E-state index contributed by atoms with van der Waals surface area (Å²) in [6.45, 7) is 2.42. The fourth-order valence-corrected chi connectivity index (χ4v) is 0.307. The molecule has 0 radical (unpaired) electrons. The number of ether oxygens (including phenoxy) is 1. The molecule has 0 fully saturated rings. The first kappa shape index (κ1) is 12.5. The van der Waals surface area contributed by atoms with Crippen LogP contribution in [0.25, 0.3) is 0 Å². The van der Waals surface area contributed by atoms with Crippen LogP contribution in [0.1, 0.15) is 8.35 Å². The molecule has 0 aromatic carbocycles. The van der Waals surface area contributed by atoms with Crippen molar-refractivity contribution in [2.45, 2.75) is 13.0 Å². The van der Waals surface area contributed by atoms with E-state index in [2.05, 4.69) is 0 Å². The van der Waals surface area contributed by atoms with Crippen molar-refractivity contribution < 1.29 is 45.9 Å². The predicted octanol–water partition coefficient (Wildman–Crippen LogP) is -3.51. The van der Waals surface area contributed by atoms with E-state index >= 15 is 0 Å². The van der Waals surface area contributed by atoms with Crippen molar-refractivity contribution in [3.8, 4) is 0 Å². The van der Waals surface area contributed by atoms with E-state index in [9.17, 15) is 0 Å².